The number of thioether (sulfide) groups is 1. The lowest BCUT2D eigenvalue weighted by Gasteiger charge is -2.21. The van der Waals surface area contributed by atoms with Crippen molar-refractivity contribution in [3.63, 3.8) is 0 Å². The van der Waals surface area contributed by atoms with Crippen LogP contribution in [0.15, 0.2) is 12.1 Å². The highest BCUT2D eigenvalue weighted by molar-refractivity contribution is 8.00. The van der Waals surface area contributed by atoms with Crippen LogP contribution in [-0.2, 0) is 4.79 Å². The molecule has 0 aromatic heterocycles. The number of carbonyl (C=O) groups excluding carboxylic acids is 1. The minimum atomic E-state index is -1.31. The number of halogens is 3. The normalized spacial score (nSPS) is 16.1. The van der Waals surface area contributed by atoms with E-state index in [1.807, 2.05) is 0 Å². The Morgan fingerprint density at radius 1 is 1.30 bits per heavy atom. The van der Waals surface area contributed by atoms with Gasteiger partial charge in [-0.3, -0.25) is 4.79 Å². The molecule has 1 amide bonds. The molecule has 0 unspecified atom stereocenters. The molecule has 1 aliphatic heterocycles. The second-order valence-electron chi connectivity index (χ2n) is 4.56. The summed E-state index contributed by atoms with van der Waals surface area (Å²) in [5, 5.41) is 5.80. The van der Waals surface area contributed by atoms with E-state index >= 15 is 0 Å². The van der Waals surface area contributed by atoms with Crippen molar-refractivity contribution in [2.24, 2.45) is 0 Å². The zero-order valence-corrected chi connectivity index (χ0v) is 11.5. The number of benzene rings is 1. The highest BCUT2D eigenvalue weighted by Gasteiger charge is 2.17. The third-order valence-electron chi connectivity index (χ3n) is 3.00. The second-order valence-corrected chi connectivity index (χ2v) is 5.85. The van der Waals surface area contributed by atoms with Gasteiger partial charge in [-0.25, -0.2) is 13.2 Å². The summed E-state index contributed by atoms with van der Waals surface area (Å²) in [6.45, 7) is 1.84. The van der Waals surface area contributed by atoms with Gasteiger partial charge in [-0.15, -0.1) is 11.8 Å². The van der Waals surface area contributed by atoms with E-state index in [1.54, 1.807) is 0 Å². The highest BCUT2D eigenvalue weighted by atomic mass is 32.2. The molecule has 7 heteroatoms. The van der Waals surface area contributed by atoms with Crippen molar-refractivity contribution < 1.29 is 18.0 Å². The number of anilines is 1. The quantitative estimate of drug-likeness (QED) is 0.840. The Bertz CT molecular complexity index is 493. The Morgan fingerprint density at radius 3 is 2.70 bits per heavy atom. The van der Waals surface area contributed by atoms with Gasteiger partial charge in [0.05, 0.1) is 11.4 Å². The van der Waals surface area contributed by atoms with E-state index in [1.165, 1.54) is 11.8 Å². The molecule has 2 N–H and O–H groups in total. The van der Waals surface area contributed by atoms with Gasteiger partial charge in [0.2, 0.25) is 5.91 Å². The standard InChI is InChI=1S/C13H15F3N2OS/c14-8-5-10(15)13(16)11(6-8)18-12(19)7-20-9-1-3-17-4-2-9/h5-6,9,17H,1-4,7H2,(H,18,19). The van der Waals surface area contributed by atoms with Gasteiger partial charge < -0.3 is 10.6 Å². The van der Waals surface area contributed by atoms with E-state index in [0.29, 0.717) is 11.3 Å². The first-order valence-corrected chi connectivity index (χ1v) is 7.38. The number of piperidine rings is 1. The maximum atomic E-state index is 13.4. The van der Waals surface area contributed by atoms with Crippen LogP contribution in [0.4, 0.5) is 18.9 Å². The first-order chi connectivity index (χ1) is 9.56. The fraction of sp³-hybridized carbons (Fsp3) is 0.462. The molecule has 0 atom stereocenters. The molecule has 0 saturated carbocycles. The Labute approximate surface area is 119 Å². The maximum absolute atomic E-state index is 13.4. The molecule has 0 bridgehead atoms. The minimum Gasteiger partial charge on any atom is -0.323 e. The fourth-order valence-electron chi connectivity index (χ4n) is 1.99. The van der Waals surface area contributed by atoms with Gasteiger partial charge >= 0.3 is 0 Å². The van der Waals surface area contributed by atoms with Crippen molar-refractivity contribution in [2.45, 2.75) is 18.1 Å². The molecule has 0 aliphatic carbocycles. The van der Waals surface area contributed by atoms with E-state index in [2.05, 4.69) is 10.6 Å². The lowest BCUT2D eigenvalue weighted by atomic mass is 10.2. The number of hydrogen-bond acceptors (Lipinski definition) is 3. The largest absolute Gasteiger partial charge is 0.323 e. The molecule has 1 saturated heterocycles. The van der Waals surface area contributed by atoms with E-state index < -0.39 is 29.0 Å². The highest BCUT2D eigenvalue weighted by Crippen LogP contribution is 2.22. The molecule has 2 rings (SSSR count). The van der Waals surface area contributed by atoms with Crippen molar-refractivity contribution >= 4 is 23.4 Å². The summed E-state index contributed by atoms with van der Waals surface area (Å²) in [6, 6.07) is 1.21. The Hall–Kier alpha value is -1.21. The van der Waals surface area contributed by atoms with Crippen LogP contribution in [0.2, 0.25) is 0 Å². The molecule has 1 aliphatic rings. The Morgan fingerprint density at radius 2 is 2.00 bits per heavy atom. The molecule has 0 spiro atoms. The van der Waals surface area contributed by atoms with Crippen LogP contribution in [0.3, 0.4) is 0 Å². The van der Waals surface area contributed by atoms with Gasteiger partial charge in [-0.05, 0) is 25.9 Å². The molecule has 1 fully saturated rings. The fourth-order valence-corrected chi connectivity index (χ4v) is 3.02. The smallest absolute Gasteiger partial charge is 0.234 e. The predicted molar refractivity (Wildman–Crippen MR) is 73.3 cm³/mol. The van der Waals surface area contributed by atoms with Crippen molar-refractivity contribution in [1.82, 2.24) is 5.32 Å². The summed E-state index contributed by atoms with van der Waals surface area (Å²) in [6.07, 6.45) is 1.95. The van der Waals surface area contributed by atoms with E-state index in [-0.39, 0.29) is 5.75 Å². The van der Waals surface area contributed by atoms with Crippen LogP contribution in [-0.4, -0.2) is 30.0 Å². The third-order valence-corrected chi connectivity index (χ3v) is 4.38. The number of hydrogen-bond donors (Lipinski definition) is 2. The van der Waals surface area contributed by atoms with Gasteiger partial charge in [0.1, 0.15) is 5.82 Å². The zero-order chi connectivity index (χ0) is 14.5. The van der Waals surface area contributed by atoms with E-state index in [0.717, 1.165) is 32.0 Å². The van der Waals surface area contributed by atoms with Crippen molar-refractivity contribution in [3.05, 3.63) is 29.6 Å². The van der Waals surface area contributed by atoms with Crippen LogP contribution in [0.25, 0.3) is 0 Å². The van der Waals surface area contributed by atoms with Crippen molar-refractivity contribution in [3.8, 4) is 0 Å². The van der Waals surface area contributed by atoms with Crippen LogP contribution < -0.4 is 10.6 Å². The van der Waals surface area contributed by atoms with Gasteiger partial charge in [0, 0.05) is 17.4 Å². The second kappa shape index (κ2) is 6.99. The molecule has 1 heterocycles. The summed E-state index contributed by atoms with van der Waals surface area (Å²) in [4.78, 5) is 11.7. The maximum Gasteiger partial charge on any atom is 0.234 e. The monoisotopic (exact) mass is 304 g/mol. The van der Waals surface area contributed by atoms with Crippen LogP contribution >= 0.6 is 11.8 Å². The number of amides is 1. The molecular formula is C13H15F3N2OS. The van der Waals surface area contributed by atoms with E-state index in [4.69, 9.17) is 0 Å². The average molecular weight is 304 g/mol. The summed E-state index contributed by atoms with van der Waals surface area (Å²) in [5.74, 6) is -3.80. The number of carbonyl (C=O) groups is 1. The lowest BCUT2D eigenvalue weighted by molar-refractivity contribution is -0.113. The minimum absolute atomic E-state index is 0.141. The topological polar surface area (TPSA) is 41.1 Å². The zero-order valence-electron chi connectivity index (χ0n) is 10.7. The molecule has 1 aromatic carbocycles. The molecular weight excluding hydrogens is 289 g/mol. The van der Waals surface area contributed by atoms with Crippen molar-refractivity contribution in [2.75, 3.05) is 24.2 Å². The predicted octanol–water partition coefficient (Wildman–Crippen LogP) is 2.53. The summed E-state index contributed by atoms with van der Waals surface area (Å²) in [5.41, 5.74) is -0.460. The number of rotatable bonds is 4. The lowest BCUT2D eigenvalue weighted by Crippen LogP contribution is -2.30. The van der Waals surface area contributed by atoms with Crippen LogP contribution in [0, 0.1) is 17.5 Å². The molecule has 20 heavy (non-hydrogen) atoms. The van der Waals surface area contributed by atoms with Gasteiger partial charge in [0.25, 0.3) is 0 Å². The molecule has 3 nitrogen and oxygen atoms in total. The van der Waals surface area contributed by atoms with Crippen LogP contribution in [0.1, 0.15) is 12.8 Å². The van der Waals surface area contributed by atoms with Gasteiger partial charge in [-0.1, -0.05) is 0 Å². The van der Waals surface area contributed by atoms with Gasteiger partial charge in [0.15, 0.2) is 11.6 Å². The Kier molecular flexibility index (Phi) is 5.31. The Balaban J connectivity index is 1.88. The summed E-state index contributed by atoms with van der Waals surface area (Å²) in [7, 11) is 0. The van der Waals surface area contributed by atoms with Crippen molar-refractivity contribution in [1.29, 1.82) is 0 Å². The van der Waals surface area contributed by atoms with E-state index in [9.17, 15) is 18.0 Å². The first-order valence-electron chi connectivity index (χ1n) is 6.33. The number of nitrogens with one attached hydrogen (secondary N) is 2. The summed E-state index contributed by atoms with van der Waals surface area (Å²) < 4.78 is 39.3. The SMILES string of the molecule is O=C(CSC1CCNCC1)Nc1cc(F)cc(F)c1F. The third kappa shape index (κ3) is 4.14. The van der Waals surface area contributed by atoms with Crippen LogP contribution in [0.5, 0.6) is 0 Å². The molecule has 1 aromatic rings. The average Bonchev–Trinajstić information content (AvgIpc) is 2.43. The molecule has 110 valence electrons. The van der Waals surface area contributed by atoms with Gasteiger partial charge in [-0.2, -0.15) is 0 Å². The first kappa shape index (κ1) is 15.2. The molecule has 0 radical (unpaired) electrons. The summed E-state index contributed by atoms with van der Waals surface area (Å²) >= 11 is 1.48.